The Morgan fingerprint density at radius 3 is 2.24 bits per heavy atom. The quantitative estimate of drug-likeness (QED) is 0.726. The van der Waals surface area contributed by atoms with Crippen LogP contribution in [0.4, 0.5) is 10.2 Å². The van der Waals surface area contributed by atoms with E-state index in [4.69, 9.17) is 0 Å². The zero-order chi connectivity index (χ0) is 17.5. The summed E-state index contributed by atoms with van der Waals surface area (Å²) in [5, 5.41) is 13.8. The number of amides is 1. The second-order valence-electron chi connectivity index (χ2n) is 5.45. The molecule has 1 amide bonds. The summed E-state index contributed by atoms with van der Waals surface area (Å²) in [4.78, 5) is 12.1. The van der Waals surface area contributed by atoms with Crippen LogP contribution in [0.25, 0.3) is 0 Å². The molecule has 6 heteroatoms. The molecular formula is C19H17FN4O. The molecule has 5 nitrogen and oxygen atoms in total. The van der Waals surface area contributed by atoms with E-state index in [0.717, 1.165) is 11.1 Å². The zero-order valence-electron chi connectivity index (χ0n) is 13.4. The van der Waals surface area contributed by atoms with E-state index in [1.54, 1.807) is 24.3 Å². The number of carbonyl (C=O) groups is 1. The van der Waals surface area contributed by atoms with Crippen molar-refractivity contribution in [1.29, 1.82) is 0 Å². The molecule has 1 heterocycles. The molecule has 2 N–H and O–H groups in total. The van der Waals surface area contributed by atoms with Crippen molar-refractivity contribution < 1.29 is 9.18 Å². The van der Waals surface area contributed by atoms with Crippen LogP contribution in [0.2, 0.25) is 0 Å². The second kappa shape index (κ2) is 8.01. The third-order valence-electron chi connectivity index (χ3n) is 3.58. The van der Waals surface area contributed by atoms with E-state index in [-0.39, 0.29) is 17.4 Å². The largest absolute Gasteiger partial charge is 0.365 e. The van der Waals surface area contributed by atoms with Gasteiger partial charge in [-0.1, -0.05) is 42.5 Å². The second-order valence-corrected chi connectivity index (χ2v) is 5.45. The number of hydrogen-bond donors (Lipinski definition) is 2. The van der Waals surface area contributed by atoms with E-state index in [9.17, 15) is 9.18 Å². The molecule has 3 aromatic rings. The summed E-state index contributed by atoms with van der Waals surface area (Å²) in [7, 11) is 0. The molecular weight excluding hydrogens is 319 g/mol. The highest BCUT2D eigenvalue weighted by Crippen LogP contribution is 2.07. The summed E-state index contributed by atoms with van der Waals surface area (Å²) < 4.78 is 12.9. The van der Waals surface area contributed by atoms with E-state index >= 15 is 0 Å². The number of halogens is 1. The predicted molar refractivity (Wildman–Crippen MR) is 93.4 cm³/mol. The van der Waals surface area contributed by atoms with E-state index < -0.39 is 0 Å². The topological polar surface area (TPSA) is 66.9 Å². The molecule has 0 aliphatic heterocycles. The van der Waals surface area contributed by atoms with Crippen LogP contribution in [0.15, 0.2) is 66.7 Å². The number of rotatable bonds is 6. The molecule has 0 aliphatic carbocycles. The molecule has 0 saturated heterocycles. The molecule has 25 heavy (non-hydrogen) atoms. The van der Waals surface area contributed by atoms with Gasteiger partial charge >= 0.3 is 0 Å². The molecule has 0 radical (unpaired) electrons. The number of aromatic nitrogens is 2. The SMILES string of the molecule is O=C(NCc1ccccc1)c1ccc(NCc2ccc(F)cc2)nn1. The average molecular weight is 336 g/mol. The maximum Gasteiger partial charge on any atom is 0.272 e. The first-order chi connectivity index (χ1) is 12.2. The van der Waals surface area contributed by atoms with Crippen LogP contribution < -0.4 is 10.6 Å². The molecule has 0 fully saturated rings. The number of benzene rings is 2. The van der Waals surface area contributed by atoms with Crippen LogP contribution in [0, 0.1) is 5.82 Å². The van der Waals surface area contributed by atoms with Crippen molar-refractivity contribution in [3.8, 4) is 0 Å². The van der Waals surface area contributed by atoms with Crippen molar-refractivity contribution in [3.63, 3.8) is 0 Å². The van der Waals surface area contributed by atoms with Crippen molar-refractivity contribution in [1.82, 2.24) is 15.5 Å². The Balaban J connectivity index is 1.52. The Bertz CT molecular complexity index is 820. The fourth-order valence-electron chi connectivity index (χ4n) is 2.21. The number of anilines is 1. The van der Waals surface area contributed by atoms with E-state index in [0.29, 0.717) is 18.9 Å². The average Bonchev–Trinajstić information content (AvgIpc) is 2.67. The lowest BCUT2D eigenvalue weighted by molar-refractivity contribution is 0.0945. The third kappa shape index (κ3) is 4.84. The molecule has 2 aromatic carbocycles. The van der Waals surface area contributed by atoms with Gasteiger partial charge in [0.25, 0.3) is 5.91 Å². The van der Waals surface area contributed by atoms with Crippen molar-refractivity contribution in [3.05, 3.63) is 89.4 Å². The van der Waals surface area contributed by atoms with Gasteiger partial charge in [-0.15, -0.1) is 10.2 Å². The molecule has 0 bridgehead atoms. The van der Waals surface area contributed by atoms with Crippen LogP contribution in [-0.4, -0.2) is 16.1 Å². The Kier molecular flexibility index (Phi) is 5.31. The zero-order valence-corrected chi connectivity index (χ0v) is 13.4. The summed E-state index contributed by atoms with van der Waals surface area (Å²) in [6.45, 7) is 0.931. The van der Waals surface area contributed by atoms with Gasteiger partial charge in [0, 0.05) is 13.1 Å². The number of carbonyl (C=O) groups excluding carboxylic acids is 1. The van der Waals surface area contributed by atoms with E-state index in [1.807, 2.05) is 30.3 Å². The fraction of sp³-hybridized carbons (Fsp3) is 0.105. The van der Waals surface area contributed by atoms with E-state index in [1.165, 1.54) is 12.1 Å². The standard InChI is InChI=1S/C19H17FN4O/c20-16-8-6-15(7-9-16)12-21-18-11-10-17(23-24-18)19(25)22-13-14-4-2-1-3-5-14/h1-11H,12-13H2,(H,21,24)(H,22,25). The van der Waals surface area contributed by atoms with Gasteiger partial charge in [0.15, 0.2) is 5.69 Å². The summed E-state index contributed by atoms with van der Waals surface area (Å²) in [6.07, 6.45) is 0. The first-order valence-corrected chi connectivity index (χ1v) is 7.85. The van der Waals surface area contributed by atoms with Gasteiger partial charge in [-0.3, -0.25) is 4.79 Å². The maximum atomic E-state index is 12.9. The molecule has 0 aliphatic rings. The fourth-order valence-corrected chi connectivity index (χ4v) is 2.21. The smallest absolute Gasteiger partial charge is 0.272 e. The lowest BCUT2D eigenvalue weighted by Gasteiger charge is -2.07. The van der Waals surface area contributed by atoms with Gasteiger partial charge in [-0.25, -0.2) is 4.39 Å². The van der Waals surface area contributed by atoms with Crippen LogP contribution in [0.5, 0.6) is 0 Å². The summed E-state index contributed by atoms with van der Waals surface area (Å²) >= 11 is 0. The van der Waals surface area contributed by atoms with E-state index in [2.05, 4.69) is 20.8 Å². The minimum atomic E-state index is -0.276. The van der Waals surface area contributed by atoms with Gasteiger partial charge < -0.3 is 10.6 Å². The van der Waals surface area contributed by atoms with Crippen molar-refractivity contribution in [2.24, 2.45) is 0 Å². The minimum absolute atomic E-state index is 0.253. The van der Waals surface area contributed by atoms with Crippen LogP contribution in [-0.2, 0) is 13.1 Å². The van der Waals surface area contributed by atoms with Crippen LogP contribution in [0.3, 0.4) is 0 Å². The summed E-state index contributed by atoms with van der Waals surface area (Å²) in [5.41, 5.74) is 2.19. The molecule has 0 spiro atoms. The first-order valence-electron chi connectivity index (χ1n) is 7.85. The van der Waals surface area contributed by atoms with Gasteiger partial charge in [0.05, 0.1) is 0 Å². The lowest BCUT2D eigenvalue weighted by atomic mass is 10.2. The first kappa shape index (κ1) is 16.6. The van der Waals surface area contributed by atoms with Crippen molar-refractivity contribution in [2.45, 2.75) is 13.1 Å². The molecule has 1 aromatic heterocycles. The number of nitrogens with one attached hydrogen (secondary N) is 2. The highest BCUT2D eigenvalue weighted by Gasteiger charge is 2.08. The minimum Gasteiger partial charge on any atom is -0.365 e. The molecule has 126 valence electrons. The van der Waals surface area contributed by atoms with Gasteiger partial charge in [-0.05, 0) is 35.4 Å². The van der Waals surface area contributed by atoms with Crippen LogP contribution in [0.1, 0.15) is 21.6 Å². The third-order valence-corrected chi connectivity index (χ3v) is 3.58. The number of hydrogen-bond acceptors (Lipinski definition) is 4. The molecule has 0 unspecified atom stereocenters. The van der Waals surface area contributed by atoms with Gasteiger partial charge in [0.2, 0.25) is 0 Å². The Morgan fingerprint density at radius 1 is 0.840 bits per heavy atom. The van der Waals surface area contributed by atoms with Gasteiger partial charge in [-0.2, -0.15) is 0 Å². The lowest BCUT2D eigenvalue weighted by Crippen LogP contribution is -2.24. The summed E-state index contributed by atoms with van der Waals surface area (Å²) in [5.74, 6) is -0.000202. The van der Waals surface area contributed by atoms with Crippen molar-refractivity contribution >= 4 is 11.7 Å². The highest BCUT2D eigenvalue weighted by atomic mass is 19.1. The Hall–Kier alpha value is -3.28. The Morgan fingerprint density at radius 2 is 1.56 bits per heavy atom. The highest BCUT2D eigenvalue weighted by molar-refractivity contribution is 5.92. The Labute approximate surface area is 144 Å². The molecule has 0 atom stereocenters. The van der Waals surface area contributed by atoms with Crippen LogP contribution >= 0.6 is 0 Å². The predicted octanol–water partition coefficient (Wildman–Crippen LogP) is 3.16. The molecule has 0 saturated carbocycles. The summed E-state index contributed by atoms with van der Waals surface area (Å²) in [6, 6.07) is 19.1. The normalized spacial score (nSPS) is 10.3. The van der Waals surface area contributed by atoms with Crippen molar-refractivity contribution in [2.75, 3.05) is 5.32 Å². The molecule has 3 rings (SSSR count). The maximum absolute atomic E-state index is 12.9. The number of nitrogens with zero attached hydrogens (tertiary/aromatic N) is 2. The monoisotopic (exact) mass is 336 g/mol. The van der Waals surface area contributed by atoms with Gasteiger partial charge in [0.1, 0.15) is 11.6 Å².